The number of para-hydroxylation sites is 1. The number of halogens is 2. The zero-order valence-corrected chi connectivity index (χ0v) is 13.7. The molecule has 3 nitrogen and oxygen atoms in total. The minimum absolute atomic E-state index is 0.163. The molecule has 0 aliphatic carbocycles. The zero-order valence-electron chi connectivity index (χ0n) is 11.3. The molecule has 0 saturated heterocycles. The average molecular weight is 367 g/mol. The molecule has 1 atom stereocenters. The van der Waals surface area contributed by atoms with Gasteiger partial charge in [0.25, 0.3) is 5.91 Å². The second-order valence-corrected chi connectivity index (χ2v) is 6.21. The summed E-state index contributed by atoms with van der Waals surface area (Å²) in [6, 6.07) is 11.3. The third-order valence-electron chi connectivity index (χ3n) is 3.47. The van der Waals surface area contributed by atoms with E-state index in [1.54, 1.807) is 6.07 Å². The molecule has 0 saturated carbocycles. The number of amides is 1. The van der Waals surface area contributed by atoms with E-state index >= 15 is 0 Å². The Balaban J connectivity index is 2.03. The third-order valence-corrected chi connectivity index (χ3v) is 4.70. The molecule has 0 aromatic heterocycles. The van der Waals surface area contributed by atoms with E-state index in [-0.39, 0.29) is 5.91 Å². The summed E-state index contributed by atoms with van der Waals surface area (Å²) in [6.45, 7) is 2.44. The molecule has 0 fully saturated rings. The number of nitrogens with one attached hydrogen (secondary N) is 1. The molecule has 0 bridgehead atoms. The van der Waals surface area contributed by atoms with Crippen molar-refractivity contribution in [3.8, 4) is 5.75 Å². The van der Waals surface area contributed by atoms with Gasteiger partial charge in [-0.25, -0.2) is 0 Å². The Morgan fingerprint density at radius 1 is 1.33 bits per heavy atom. The maximum absolute atomic E-state index is 12.3. The number of rotatable bonds is 1. The number of hydrogen-bond acceptors (Lipinski definition) is 2. The van der Waals surface area contributed by atoms with Crippen molar-refractivity contribution in [2.75, 3.05) is 0 Å². The van der Waals surface area contributed by atoms with E-state index in [0.717, 1.165) is 26.9 Å². The number of ether oxygens (including phenoxy) is 1. The van der Waals surface area contributed by atoms with Gasteiger partial charge in [0.15, 0.2) is 0 Å². The molecular weight excluding hydrogens is 354 g/mol. The first-order valence-corrected chi connectivity index (χ1v) is 7.71. The van der Waals surface area contributed by atoms with E-state index in [9.17, 15) is 4.79 Å². The van der Waals surface area contributed by atoms with Crippen molar-refractivity contribution in [3.05, 3.63) is 62.6 Å². The maximum Gasteiger partial charge on any atom is 0.266 e. The van der Waals surface area contributed by atoms with Crippen LogP contribution in [0.2, 0.25) is 5.02 Å². The van der Waals surface area contributed by atoms with Crippen molar-refractivity contribution < 1.29 is 9.53 Å². The van der Waals surface area contributed by atoms with E-state index in [0.29, 0.717) is 11.6 Å². The summed E-state index contributed by atoms with van der Waals surface area (Å²) in [4.78, 5) is 12.3. The smallest absolute Gasteiger partial charge is 0.266 e. The van der Waals surface area contributed by atoms with Gasteiger partial charge in [0, 0.05) is 22.1 Å². The molecule has 1 N–H and O–H groups in total. The van der Waals surface area contributed by atoms with Crippen LogP contribution in [0.15, 0.2) is 40.9 Å². The Hall–Kier alpha value is -1.52. The van der Waals surface area contributed by atoms with Crippen molar-refractivity contribution in [1.82, 2.24) is 5.32 Å². The lowest BCUT2D eigenvalue weighted by Gasteiger charge is -2.18. The zero-order chi connectivity index (χ0) is 15.0. The second-order valence-electron chi connectivity index (χ2n) is 4.95. The highest BCUT2D eigenvalue weighted by Gasteiger charge is 2.27. The van der Waals surface area contributed by atoms with Crippen LogP contribution in [-0.2, 0) is 11.3 Å². The monoisotopic (exact) mass is 365 g/mol. The molecule has 2 aromatic carbocycles. The highest BCUT2D eigenvalue weighted by molar-refractivity contribution is 9.10. The van der Waals surface area contributed by atoms with Crippen LogP contribution >= 0.6 is 27.5 Å². The molecule has 1 unspecified atom stereocenters. The lowest BCUT2D eigenvalue weighted by Crippen LogP contribution is -2.29. The number of fused-ring (bicyclic) bond motifs is 1. The Labute approximate surface area is 136 Å². The lowest BCUT2D eigenvalue weighted by atomic mass is 10.1. The minimum Gasteiger partial charge on any atom is -0.475 e. The first kappa shape index (κ1) is 14.4. The van der Waals surface area contributed by atoms with Gasteiger partial charge in [-0.05, 0) is 40.5 Å². The van der Waals surface area contributed by atoms with Gasteiger partial charge in [0.2, 0.25) is 6.10 Å². The summed E-state index contributed by atoms with van der Waals surface area (Å²) in [6.07, 6.45) is -0.696. The van der Waals surface area contributed by atoms with Crippen molar-refractivity contribution in [2.45, 2.75) is 19.6 Å². The van der Waals surface area contributed by atoms with Gasteiger partial charge >= 0.3 is 0 Å². The van der Waals surface area contributed by atoms with Crippen LogP contribution in [-0.4, -0.2) is 5.91 Å². The quantitative estimate of drug-likeness (QED) is 0.823. The average Bonchev–Trinajstić information content (AvgIpc) is 2.63. The van der Waals surface area contributed by atoms with E-state index in [1.807, 2.05) is 37.3 Å². The van der Waals surface area contributed by atoms with Crippen molar-refractivity contribution >= 4 is 33.4 Å². The fourth-order valence-corrected chi connectivity index (χ4v) is 2.80. The summed E-state index contributed by atoms with van der Waals surface area (Å²) < 4.78 is 6.79. The second kappa shape index (κ2) is 5.70. The Morgan fingerprint density at radius 3 is 2.90 bits per heavy atom. The molecule has 0 radical (unpaired) electrons. The molecule has 21 heavy (non-hydrogen) atoms. The maximum atomic E-state index is 12.3. The lowest BCUT2D eigenvalue weighted by molar-refractivity contribution is -0.127. The molecule has 108 valence electrons. The molecule has 2 aromatic rings. The Kier molecular flexibility index (Phi) is 3.91. The number of carbonyl (C=O) groups is 1. The SMILES string of the molecule is Cc1cccc2c1OC(c1ccc(Br)c(Cl)c1)C(=O)NC2. The molecule has 0 spiro atoms. The minimum atomic E-state index is -0.696. The largest absolute Gasteiger partial charge is 0.475 e. The van der Waals surface area contributed by atoms with Crippen LogP contribution in [0, 0.1) is 6.92 Å². The Morgan fingerprint density at radius 2 is 2.14 bits per heavy atom. The third kappa shape index (κ3) is 2.78. The van der Waals surface area contributed by atoms with Crippen LogP contribution in [0.1, 0.15) is 22.8 Å². The number of benzene rings is 2. The number of hydrogen-bond donors (Lipinski definition) is 1. The van der Waals surface area contributed by atoms with Gasteiger partial charge in [0.1, 0.15) is 5.75 Å². The van der Waals surface area contributed by atoms with Gasteiger partial charge in [0.05, 0.1) is 5.02 Å². The summed E-state index contributed by atoms with van der Waals surface area (Å²) in [7, 11) is 0. The fourth-order valence-electron chi connectivity index (χ4n) is 2.36. The van der Waals surface area contributed by atoms with E-state index < -0.39 is 6.10 Å². The fraction of sp³-hybridized carbons (Fsp3) is 0.188. The van der Waals surface area contributed by atoms with Gasteiger partial charge < -0.3 is 10.1 Å². The Bertz CT molecular complexity index is 717. The van der Waals surface area contributed by atoms with Crippen LogP contribution in [0.5, 0.6) is 5.75 Å². The topological polar surface area (TPSA) is 38.3 Å². The van der Waals surface area contributed by atoms with Gasteiger partial charge in [-0.1, -0.05) is 35.9 Å². The highest BCUT2D eigenvalue weighted by atomic mass is 79.9. The standard InChI is InChI=1S/C16H13BrClNO2/c1-9-3-2-4-11-8-19-16(20)15(21-14(9)11)10-5-6-12(17)13(18)7-10/h2-7,15H,8H2,1H3,(H,19,20). The molecule has 1 heterocycles. The number of carbonyl (C=O) groups excluding carboxylic acids is 1. The first-order chi connectivity index (χ1) is 10.1. The van der Waals surface area contributed by atoms with Crippen molar-refractivity contribution in [3.63, 3.8) is 0 Å². The van der Waals surface area contributed by atoms with E-state index in [2.05, 4.69) is 21.2 Å². The van der Waals surface area contributed by atoms with Gasteiger partial charge in [-0.2, -0.15) is 0 Å². The highest BCUT2D eigenvalue weighted by Crippen LogP contribution is 2.33. The van der Waals surface area contributed by atoms with Crippen LogP contribution in [0.3, 0.4) is 0 Å². The predicted molar refractivity (Wildman–Crippen MR) is 85.5 cm³/mol. The molecular formula is C16H13BrClNO2. The van der Waals surface area contributed by atoms with E-state index in [1.165, 1.54) is 0 Å². The molecule has 1 aliphatic heterocycles. The van der Waals surface area contributed by atoms with Crippen LogP contribution in [0.25, 0.3) is 0 Å². The summed E-state index contributed by atoms with van der Waals surface area (Å²) in [5, 5.41) is 3.45. The van der Waals surface area contributed by atoms with Crippen molar-refractivity contribution in [2.24, 2.45) is 0 Å². The number of aryl methyl sites for hydroxylation is 1. The van der Waals surface area contributed by atoms with Crippen LogP contribution in [0.4, 0.5) is 0 Å². The summed E-state index contributed by atoms with van der Waals surface area (Å²) >= 11 is 9.47. The molecule has 5 heteroatoms. The normalized spacial score (nSPS) is 17.5. The summed E-state index contributed by atoms with van der Waals surface area (Å²) in [5.74, 6) is 0.601. The molecule has 1 amide bonds. The summed E-state index contributed by atoms with van der Waals surface area (Å²) in [5.41, 5.74) is 2.73. The first-order valence-electron chi connectivity index (χ1n) is 6.54. The van der Waals surface area contributed by atoms with Crippen LogP contribution < -0.4 is 10.1 Å². The predicted octanol–water partition coefficient (Wildman–Crippen LogP) is 4.16. The van der Waals surface area contributed by atoms with E-state index in [4.69, 9.17) is 16.3 Å². The van der Waals surface area contributed by atoms with Gasteiger partial charge in [-0.15, -0.1) is 0 Å². The van der Waals surface area contributed by atoms with Crippen molar-refractivity contribution in [1.29, 1.82) is 0 Å². The molecule has 1 aliphatic rings. The molecule has 3 rings (SSSR count). The van der Waals surface area contributed by atoms with Gasteiger partial charge in [-0.3, -0.25) is 4.79 Å².